The summed E-state index contributed by atoms with van der Waals surface area (Å²) in [6.45, 7) is 2.54. The second-order valence-electron chi connectivity index (χ2n) is 3.33. The molecule has 0 aliphatic heterocycles. The van der Waals surface area contributed by atoms with E-state index in [9.17, 15) is 4.79 Å². The molecule has 0 fully saturated rings. The highest BCUT2D eigenvalue weighted by Gasteiger charge is 2.04. The number of hydrogen-bond donors (Lipinski definition) is 1. The van der Waals surface area contributed by atoms with Crippen molar-refractivity contribution in [1.82, 2.24) is 5.32 Å². The molecule has 0 bridgehead atoms. The molecule has 0 heterocycles. The number of benzene rings is 1. The van der Waals surface area contributed by atoms with Gasteiger partial charge in [-0.1, -0.05) is 0 Å². The van der Waals surface area contributed by atoms with Crippen molar-refractivity contribution in [3.8, 4) is 0 Å². The standard InChI is InChI=1S/C11H13ClINO/c1-8(12)6-7-14-11(15)9-2-4-10(13)5-3-9/h2-5,8H,6-7H2,1H3,(H,14,15). The molecule has 1 rings (SSSR count). The van der Waals surface area contributed by atoms with E-state index in [4.69, 9.17) is 11.6 Å². The lowest BCUT2D eigenvalue weighted by Gasteiger charge is -2.06. The van der Waals surface area contributed by atoms with Gasteiger partial charge >= 0.3 is 0 Å². The number of nitrogens with one attached hydrogen (secondary N) is 1. The Hall–Kier alpha value is -0.290. The summed E-state index contributed by atoms with van der Waals surface area (Å²) in [6, 6.07) is 7.47. The molecule has 4 heteroatoms. The summed E-state index contributed by atoms with van der Waals surface area (Å²) in [5, 5.41) is 2.92. The molecule has 0 saturated heterocycles. The maximum absolute atomic E-state index is 11.6. The van der Waals surface area contributed by atoms with Crippen molar-refractivity contribution in [1.29, 1.82) is 0 Å². The van der Waals surface area contributed by atoms with Crippen LogP contribution in [0, 0.1) is 3.57 Å². The Morgan fingerprint density at radius 1 is 1.47 bits per heavy atom. The fourth-order valence-corrected chi connectivity index (χ4v) is 1.56. The lowest BCUT2D eigenvalue weighted by Crippen LogP contribution is -2.25. The zero-order valence-electron chi connectivity index (χ0n) is 8.47. The fraction of sp³-hybridized carbons (Fsp3) is 0.364. The largest absolute Gasteiger partial charge is 0.352 e. The first-order valence-electron chi connectivity index (χ1n) is 4.77. The van der Waals surface area contributed by atoms with Crippen molar-refractivity contribution in [3.05, 3.63) is 33.4 Å². The summed E-state index contributed by atoms with van der Waals surface area (Å²) in [4.78, 5) is 11.6. The minimum Gasteiger partial charge on any atom is -0.352 e. The average molecular weight is 338 g/mol. The summed E-state index contributed by atoms with van der Waals surface area (Å²) in [6.07, 6.45) is 0.789. The molecular formula is C11H13ClINO. The Bertz CT molecular complexity index is 324. The van der Waals surface area contributed by atoms with Gasteiger partial charge in [0, 0.05) is 21.1 Å². The summed E-state index contributed by atoms with van der Waals surface area (Å²) in [7, 11) is 0. The average Bonchev–Trinajstić information content (AvgIpc) is 2.18. The van der Waals surface area contributed by atoms with Gasteiger partial charge in [-0.3, -0.25) is 4.79 Å². The molecule has 15 heavy (non-hydrogen) atoms. The van der Waals surface area contributed by atoms with Crippen LogP contribution < -0.4 is 5.32 Å². The van der Waals surface area contributed by atoms with Crippen LogP contribution in [0.15, 0.2) is 24.3 Å². The number of rotatable bonds is 4. The minimum absolute atomic E-state index is 0.0382. The van der Waals surface area contributed by atoms with Crippen LogP contribution in [-0.2, 0) is 0 Å². The second-order valence-corrected chi connectivity index (χ2v) is 5.32. The van der Waals surface area contributed by atoms with Gasteiger partial charge in [0.1, 0.15) is 0 Å². The number of amides is 1. The Balaban J connectivity index is 2.43. The molecule has 0 aliphatic carbocycles. The molecular weight excluding hydrogens is 324 g/mol. The monoisotopic (exact) mass is 337 g/mol. The summed E-state index contributed by atoms with van der Waals surface area (Å²) in [5.74, 6) is -0.0382. The first-order chi connectivity index (χ1) is 7.09. The van der Waals surface area contributed by atoms with Crippen LogP contribution in [0.4, 0.5) is 0 Å². The van der Waals surface area contributed by atoms with E-state index >= 15 is 0 Å². The zero-order valence-corrected chi connectivity index (χ0v) is 11.4. The highest BCUT2D eigenvalue weighted by Crippen LogP contribution is 2.06. The third-order valence-corrected chi connectivity index (χ3v) is 2.87. The van der Waals surface area contributed by atoms with Crippen LogP contribution >= 0.6 is 34.2 Å². The van der Waals surface area contributed by atoms with Gasteiger partial charge in [0.25, 0.3) is 5.91 Å². The number of halogens is 2. The van der Waals surface area contributed by atoms with E-state index in [1.165, 1.54) is 0 Å². The number of carbonyl (C=O) groups excluding carboxylic acids is 1. The van der Waals surface area contributed by atoms with E-state index < -0.39 is 0 Å². The van der Waals surface area contributed by atoms with Gasteiger partial charge in [0.05, 0.1) is 0 Å². The molecule has 0 aromatic heterocycles. The summed E-state index contributed by atoms with van der Waals surface area (Å²) >= 11 is 7.98. The Kier molecular flexibility index (Phi) is 5.39. The van der Waals surface area contributed by atoms with E-state index in [1.54, 1.807) is 0 Å². The lowest BCUT2D eigenvalue weighted by molar-refractivity contribution is 0.0953. The van der Waals surface area contributed by atoms with Crippen LogP contribution in [0.25, 0.3) is 0 Å². The van der Waals surface area contributed by atoms with Crippen LogP contribution in [0.5, 0.6) is 0 Å². The first kappa shape index (κ1) is 12.8. The second kappa shape index (κ2) is 6.33. The molecule has 0 aliphatic rings. The molecule has 1 atom stereocenters. The topological polar surface area (TPSA) is 29.1 Å². The fourth-order valence-electron chi connectivity index (χ4n) is 1.09. The molecule has 0 radical (unpaired) electrons. The summed E-state index contributed by atoms with van der Waals surface area (Å²) < 4.78 is 1.12. The van der Waals surface area contributed by atoms with E-state index in [0.29, 0.717) is 12.1 Å². The number of carbonyl (C=O) groups is 1. The quantitative estimate of drug-likeness (QED) is 0.664. The Morgan fingerprint density at radius 3 is 2.60 bits per heavy atom. The number of hydrogen-bond acceptors (Lipinski definition) is 1. The molecule has 1 aromatic rings. The minimum atomic E-state index is -0.0382. The van der Waals surface area contributed by atoms with Gasteiger partial charge in [-0.2, -0.15) is 0 Å². The van der Waals surface area contributed by atoms with E-state index in [-0.39, 0.29) is 11.3 Å². The predicted molar refractivity (Wildman–Crippen MR) is 71.4 cm³/mol. The third kappa shape index (κ3) is 4.84. The zero-order chi connectivity index (χ0) is 11.3. The van der Waals surface area contributed by atoms with E-state index in [1.807, 2.05) is 31.2 Å². The SMILES string of the molecule is CC(Cl)CCNC(=O)c1ccc(I)cc1. The molecule has 0 spiro atoms. The highest BCUT2D eigenvalue weighted by atomic mass is 127. The van der Waals surface area contributed by atoms with Gasteiger partial charge in [-0.15, -0.1) is 11.6 Å². The molecule has 2 nitrogen and oxygen atoms in total. The van der Waals surface area contributed by atoms with Crippen molar-refractivity contribution in [2.75, 3.05) is 6.54 Å². The van der Waals surface area contributed by atoms with E-state index in [0.717, 1.165) is 9.99 Å². The van der Waals surface area contributed by atoms with Crippen molar-refractivity contribution in [2.24, 2.45) is 0 Å². The van der Waals surface area contributed by atoms with Crippen molar-refractivity contribution in [3.63, 3.8) is 0 Å². The lowest BCUT2D eigenvalue weighted by atomic mass is 10.2. The maximum Gasteiger partial charge on any atom is 0.251 e. The van der Waals surface area contributed by atoms with E-state index in [2.05, 4.69) is 27.9 Å². The smallest absolute Gasteiger partial charge is 0.251 e. The third-order valence-electron chi connectivity index (χ3n) is 1.93. The van der Waals surface area contributed by atoms with Crippen molar-refractivity contribution >= 4 is 40.1 Å². The van der Waals surface area contributed by atoms with Crippen LogP contribution in [0.2, 0.25) is 0 Å². The van der Waals surface area contributed by atoms with Gasteiger partial charge in [0.15, 0.2) is 0 Å². The first-order valence-corrected chi connectivity index (χ1v) is 6.29. The van der Waals surface area contributed by atoms with Gasteiger partial charge in [-0.05, 0) is 60.2 Å². The van der Waals surface area contributed by atoms with Gasteiger partial charge < -0.3 is 5.32 Å². The summed E-state index contributed by atoms with van der Waals surface area (Å²) in [5.41, 5.74) is 0.692. The Morgan fingerprint density at radius 2 is 2.07 bits per heavy atom. The van der Waals surface area contributed by atoms with Crippen molar-refractivity contribution in [2.45, 2.75) is 18.7 Å². The van der Waals surface area contributed by atoms with Crippen molar-refractivity contribution < 1.29 is 4.79 Å². The predicted octanol–water partition coefficient (Wildman–Crippen LogP) is 3.04. The normalized spacial score (nSPS) is 12.2. The van der Waals surface area contributed by atoms with Gasteiger partial charge in [-0.25, -0.2) is 0 Å². The van der Waals surface area contributed by atoms with Crippen LogP contribution in [0.3, 0.4) is 0 Å². The molecule has 1 amide bonds. The van der Waals surface area contributed by atoms with Crippen LogP contribution in [0.1, 0.15) is 23.7 Å². The van der Waals surface area contributed by atoms with Gasteiger partial charge in [0.2, 0.25) is 0 Å². The number of alkyl halides is 1. The van der Waals surface area contributed by atoms with Crippen LogP contribution in [-0.4, -0.2) is 17.8 Å². The Labute approximate surface area is 109 Å². The molecule has 1 unspecified atom stereocenters. The molecule has 1 N–H and O–H groups in total. The molecule has 1 aromatic carbocycles. The molecule has 82 valence electrons. The molecule has 0 saturated carbocycles. The maximum atomic E-state index is 11.6. The highest BCUT2D eigenvalue weighted by molar-refractivity contribution is 14.1.